The average Bonchev–Trinajstić information content (AvgIpc) is 2.37. The maximum atomic E-state index is 11.4. The lowest BCUT2D eigenvalue weighted by Gasteiger charge is -2.07. The number of carbonyl (C=O) groups is 2. The summed E-state index contributed by atoms with van der Waals surface area (Å²) in [5.41, 5.74) is 0.392. The Morgan fingerprint density at radius 1 is 1.29 bits per heavy atom. The highest BCUT2D eigenvalue weighted by Crippen LogP contribution is 2.20. The van der Waals surface area contributed by atoms with E-state index in [2.05, 4.69) is 9.57 Å². The number of benzene rings is 1. The number of ether oxygens (including phenoxy) is 2. The minimum absolute atomic E-state index is 0.0578. The molecule has 1 rings (SSSR count). The van der Waals surface area contributed by atoms with E-state index in [4.69, 9.17) is 10.6 Å². The molecule has 0 fully saturated rings. The van der Waals surface area contributed by atoms with E-state index in [1.165, 1.54) is 25.3 Å². The van der Waals surface area contributed by atoms with Crippen molar-refractivity contribution in [3.05, 3.63) is 29.3 Å². The fourth-order valence-corrected chi connectivity index (χ4v) is 1.24. The summed E-state index contributed by atoms with van der Waals surface area (Å²) in [5, 5.41) is 0. The van der Waals surface area contributed by atoms with E-state index in [-0.39, 0.29) is 23.5 Å². The van der Waals surface area contributed by atoms with Crippen LogP contribution in [0.2, 0.25) is 0 Å². The van der Waals surface area contributed by atoms with E-state index < -0.39 is 11.9 Å². The van der Waals surface area contributed by atoms with E-state index in [1.54, 1.807) is 6.92 Å². The molecule has 0 aliphatic carbocycles. The molecule has 0 aromatic heterocycles. The Morgan fingerprint density at radius 3 is 2.53 bits per heavy atom. The molecule has 1 aromatic rings. The van der Waals surface area contributed by atoms with Gasteiger partial charge in [0, 0.05) is 0 Å². The van der Waals surface area contributed by atoms with Crippen LogP contribution in [-0.4, -0.2) is 25.7 Å². The van der Waals surface area contributed by atoms with Gasteiger partial charge in [-0.15, -0.1) is 0 Å². The van der Waals surface area contributed by atoms with Crippen LogP contribution in [0.3, 0.4) is 0 Å². The highest BCUT2D eigenvalue weighted by atomic mass is 16.6. The number of carbonyl (C=O) groups excluding carboxylic acids is 2. The van der Waals surface area contributed by atoms with Crippen molar-refractivity contribution < 1.29 is 23.9 Å². The molecule has 0 atom stereocenters. The normalized spacial score (nSPS) is 9.59. The summed E-state index contributed by atoms with van der Waals surface area (Å²) in [4.78, 5) is 27.3. The van der Waals surface area contributed by atoms with Crippen molar-refractivity contribution in [2.24, 2.45) is 5.90 Å². The monoisotopic (exact) mass is 239 g/mol. The summed E-state index contributed by atoms with van der Waals surface area (Å²) >= 11 is 0. The summed E-state index contributed by atoms with van der Waals surface area (Å²) < 4.78 is 9.34. The topological polar surface area (TPSA) is 87.9 Å². The third-order valence-corrected chi connectivity index (χ3v) is 2.03. The average molecular weight is 239 g/mol. The molecule has 0 saturated heterocycles. The van der Waals surface area contributed by atoms with Crippen LogP contribution in [0.1, 0.15) is 27.6 Å². The summed E-state index contributed by atoms with van der Waals surface area (Å²) in [7, 11) is 1.24. The molecule has 0 saturated carbocycles. The third kappa shape index (κ3) is 2.94. The highest BCUT2D eigenvalue weighted by molar-refractivity contribution is 5.96. The molecule has 0 aliphatic heterocycles. The van der Waals surface area contributed by atoms with Crippen molar-refractivity contribution in [1.82, 2.24) is 0 Å². The first kappa shape index (κ1) is 13.0. The molecule has 0 spiro atoms. The molecule has 17 heavy (non-hydrogen) atoms. The largest absolute Gasteiger partial charge is 0.465 e. The Hall–Kier alpha value is -2.08. The van der Waals surface area contributed by atoms with Crippen LogP contribution in [0.4, 0.5) is 0 Å². The highest BCUT2D eigenvalue weighted by Gasteiger charge is 2.16. The fourth-order valence-electron chi connectivity index (χ4n) is 1.24. The van der Waals surface area contributed by atoms with Crippen LogP contribution in [0, 0.1) is 0 Å². The van der Waals surface area contributed by atoms with Crippen molar-refractivity contribution in [1.29, 1.82) is 0 Å². The Kier molecular flexibility index (Phi) is 4.47. The molecule has 1 aromatic carbocycles. The van der Waals surface area contributed by atoms with E-state index in [0.29, 0.717) is 0 Å². The Morgan fingerprint density at radius 2 is 2.00 bits per heavy atom. The Labute approximate surface area is 98.2 Å². The zero-order valence-corrected chi connectivity index (χ0v) is 9.56. The van der Waals surface area contributed by atoms with Crippen LogP contribution in [0.15, 0.2) is 18.2 Å². The number of nitrogens with two attached hydrogens (primary N) is 1. The van der Waals surface area contributed by atoms with E-state index in [0.717, 1.165) is 0 Å². The van der Waals surface area contributed by atoms with Crippen molar-refractivity contribution in [3.63, 3.8) is 0 Å². The van der Waals surface area contributed by atoms with Gasteiger partial charge in [-0.1, -0.05) is 0 Å². The lowest BCUT2D eigenvalue weighted by molar-refractivity contribution is 0.0522. The second-order valence-electron chi connectivity index (χ2n) is 3.04. The van der Waals surface area contributed by atoms with Crippen LogP contribution < -0.4 is 10.7 Å². The minimum atomic E-state index is -0.596. The second kappa shape index (κ2) is 5.86. The standard InChI is InChI=1S/C11H13NO5/c1-3-16-10(13)7-4-5-8(11(14)15-2)9(6-7)17-12/h4-6H,3,12H2,1-2H3. The van der Waals surface area contributed by atoms with Crippen LogP contribution >= 0.6 is 0 Å². The number of methoxy groups -OCH3 is 1. The zero-order valence-electron chi connectivity index (χ0n) is 9.56. The summed E-state index contributed by atoms with van der Waals surface area (Å²) in [6.07, 6.45) is 0. The molecule has 0 radical (unpaired) electrons. The predicted octanol–water partition coefficient (Wildman–Crippen LogP) is 0.902. The van der Waals surface area contributed by atoms with Gasteiger partial charge in [0.2, 0.25) is 0 Å². The maximum absolute atomic E-state index is 11.4. The van der Waals surface area contributed by atoms with E-state index in [1.807, 2.05) is 0 Å². The van der Waals surface area contributed by atoms with Crippen LogP contribution in [0.5, 0.6) is 5.75 Å². The lowest BCUT2D eigenvalue weighted by Crippen LogP contribution is -2.12. The lowest BCUT2D eigenvalue weighted by atomic mass is 10.1. The van der Waals surface area contributed by atoms with Gasteiger partial charge >= 0.3 is 11.9 Å². The fraction of sp³-hybridized carbons (Fsp3) is 0.273. The Balaban J connectivity index is 3.08. The molecule has 6 nitrogen and oxygen atoms in total. The first-order valence-electron chi connectivity index (χ1n) is 4.90. The molecular weight excluding hydrogens is 226 g/mol. The van der Waals surface area contributed by atoms with Gasteiger partial charge in [0.15, 0.2) is 5.75 Å². The smallest absolute Gasteiger partial charge is 0.341 e. The van der Waals surface area contributed by atoms with Gasteiger partial charge in [-0.2, -0.15) is 5.90 Å². The molecule has 0 aliphatic rings. The predicted molar refractivity (Wildman–Crippen MR) is 58.6 cm³/mol. The Bertz CT molecular complexity index is 430. The summed E-state index contributed by atoms with van der Waals surface area (Å²) in [6, 6.07) is 4.15. The van der Waals surface area contributed by atoms with E-state index in [9.17, 15) is 9.59 Å². The SMILES string of the molecule is CCOC(=O)c1ccc(C(=O)OC)c(ON)c1. The van der Waals surface area contributed by atoms with Crippen molar-refractivity contribution in [2.45, 2.75) is 6.92 Å². The van der Waals surface area contributed by atoms with Gasteiger partial charge in [0.1, 0.15) is 5.56 Å². The van der Waals surface area contributed by atoms with E-state index >= 15 is 0 Å². The second-order valence-corrected chi connectivity index (χ2v) is 3.04. The van der Waals surface area contributed by atoms with Crippen molar-refractivity contribution in [3.8, 4) is 5.75 Å². The van der Waals surface area contributed by atoms with Gasteiger partial charge in [-0.05, 0) is 25.1 Å². The maximum Gasteiger partial charge on any atom is 0.341 e. The van der Waals surface area contributed by atoms with Gasteiger partial charge in [-0.25, -0.2) is 9.59 Å². The molecule has 0 bridgehead atoms. The molecule has 2 N–H and O–H groups in total. The van der Waals surface area contributed by atoms with Gasteiger partial charge in [0.05, 0.1) is 19.3 Å². The molecule has 0 heterocycles. The van der Waals surface area contributed by atoms with Gasteiger partial charge < -0.3 is 14.3 Å². The number of hydrogen-bond donors (Lipinski definition) is 1. The first-order chi connectivity index (χ1) is 8.13. The molecule has 92 valence electrons. The molecular formula is C11H13NO5. The number of hydrogen-bond acceptors (Lipinski definition) is 6. The van der Waals surface area contributed by atoms with Crippen LogP contribution in [0.25, 0.3) is 0 Å². The first-order valence-corrected chi connectivity index (χ1v) is 4.90. The van der Waals surface area contributed by atoms with Crippen LogP contribution in [-0.2, 0) is 9.47 Å². The summed E-state index contributed by atoms with van der Waals surface area (Å²) in [5.74, 6) is 3.98. The molecule has 6 heteroatoms. The molecule has 0 amide bonds. The minimum Gasteiger partial charge on any atom is -0.465 e. The number of rotatable bonds is 4. The quantitative estimate of drug-likeness (QED) is 0.620. The van der Waals surface area contributed by atoms with Crippen molar-refractivity contribution in [2.75, 3.05) is 13.7 Å². The van der Waals surface area contributed by atoms with Gasteiger partial charge in [-0.3, -0.25) is 0 Å². The molecule has 0 unspecified atom stereocenters. The third-order valence-electron chi connectivity index (χ3n) is 2.03. The number of esters is 2. The summed E-state index contributed by atoms with van der Waals surface area (Å²) in [6.45, 7) is 1.96. The van der Waals surface area contributed by atoms with Crippen molar-refractivity contribution >= 4 is 11.9 Å². The van der Waals surface area contributed by atoms with Gasteiger partial charge in [0.25, 0.3) is 0 Å². The zero-order chi connectivity index (χ0) is 12.8.